The lowest BCUT2D eigenvalue weighted by Crippen LogP contribution is -2.15. The molecule has 5 rings (SSSR count). The Morgan fingerprint density at radius 3 is 2.47 bits per heavy atom. The van der Waals surface area contributed by atoms with Gasteiger partial charge in [0.15, 0.2) is 5.78 Å². The monoisotopic (exact) mass is 419 g/mol. The lowest BCUT2D eigenvalue weighted by molar-refractivity contribution is 0.0971. The maximum absolute atomic E-state index is 13.2. The van der Waals surface area contributed by atoms with E-state index in [2.05, 4.69) is 4.72 Å². The molecule has 1 aliphatic carbocycles. The fourth-order valence-electron chi connectivity index (χ4n) is 4.37. The molecule has 3 aromatic carbocycles. The Labute approximate surface area is 174 Å². The molecule has 0 amide bonds. The van der Waals surface area contributed by atoms with Crippen LogP contribution < -0.4 is 4.72 Å². The van der Waals surface area contributed by atoms with E-state index in [1.165, 1.54) is 0 Å². The van der Waals surface area contributed by atoms with E-state index in [1.807, 2.05) is 37.3 Å². The number of nitrogens with one attached hydrogen (secondary N) is 1. The molecule has 0 saturated carbocycles. The smallest absolute Gasteiger partial charge is 0.262 e. The molecule has 1 aromatic heterocycles. The number of carbonyl (C=O) groups excluding carboxylic acids is 1. The van der Waals surface area contributed by atoms with E-state index in [0.717, 1.165) is 22.8 Å². The first-order valence-electron chi connectivity index (χ1n) is 9.95. The van der Waals surface area contributed by atoms with Crippen LogP contribution in [-0.2, 0) is 16.4 Å². The van der Waals surface area contributed by atoms with E-state index in [0.29, 0.717) is 46.4 Å². The number of carbonyl (C=O) groups is 1. The predicted molar refractivity (Wildman–Crippen MR) is 118 cm³/mol. The number of fused-ring (bicyclic) bond motifs is 5. The maximum Gasteiger partial charge on any atom is 0.262 e. The summed E-state index contributed by atoms with van der Waals surface area (Å²) in [4.78, 5) is 12.8. The highest BCUT2D eigenvalue weighted by Gasteiger charge is 2.27. The Kier molecular flexibility index (Phi) is 4.22. The quantitative estimate of drug-likeness (QED) is 0.474. The fourth-order valence-corrected chi connectivity index (χ4v) is 5.67. The molecule has 0 unspecified atom stereocenters. The van der Waals surface area contributed by atoms with Gasteiger partial charge in [-0.1, -0.05) is 42.0 Å². The number of ketones is 1. The summed E-state index contributed by atoms with van der Waals surface area (Å²) in [5.41, 5.74) is 3.36. The van der Waals surface area contributed by atoms with Crippen molar-refractivity contribution in [2.75, 3.05) is 4.72 Å². The van der Waals surface area contributed by atoms with Gasteiger partial charge in [0, 0.05) is 29.0 Å². The zero-order chi connectivity index (χ0) is 21.0. The van der Waals surface area contributed by atoms with Crippen molar-refractivity contribution in [3.05, 3.63) is 71.0 Å². The number of anilines is 1. The van der Waals surface area contributed by atoms with Gasteiger partial charge in [0.25, 0.3) is 10.0 Å². The molecular formula is C24H21NO4S. The van der Waals surface area contributed by atoms with Crippen molar-refractivity contribution in [1.29, 1.82) is 0 Å². The van der Waals surface area contributed by atoms with Gasteiger partial charge in [-0.25, -0.2) is 8.42 Å². The number of Topliss-reactive ketones (excluding diaryl/α,β-unsaturated/α-hetero) is 1. The minimum Gasteiger partial charge on any atom is -0.460 e. The number of benzene rings is 3. The molecule has 4 aromatic rings. The summed E-state index contributed by atoms with van der Waals surface area (Å²) in [6.45, 7) is 3.71. The van der Waals surface area contributed by atoms with Gasteiger partial charge in [0.1, 0.15) is 11.3 Å². The lowest BCUT2D eigenvalue weighted by Gasteiger charge is -2.14. The van der Waals surface area contributed by atoms with Crippen molar-refractivity contribution in [1.82, 2.24) is 0 Å². The average molecular weight is 420 g/mol. The molecule has 6 heteroatoms. The van der Waals surface area contributed by atoms with E-state index < -0.39 is 10.0 Å². The van der Waals surface area contributed by atoms with E-state index in [9.17, 15) is 13.2 Å². The van der Waals surface area contributed by atoms with Crippen molar-refractivity contribution in [3.63, 3.8) is 0 Å². The van der Waals surface area contributed by atoms with E-state index in [1.54, 1.807) is 25.1 Å². The van der Waals surface area contributed by atoms with Crippen LogP contribution in [0.1, 0.15) is 40.1 Å². The third kappa shape index (κ3) is 2.91. The van der Waals surface area contributed by atoms with Gasteiger partial charge in [0.05, 0.1) is 16.1 Å². The van der Waals surface area contributed by atoms with Crippen LogP contribution in [0.25, 0.3) is 21.7 Å². The number of furan rings is 1. The third-order valence-corrected chi connectivity index (χ3v) is 7.25. The summed E-state index contributed by atoms with van der Waals surface area (Å²) in [6.07, 6.45) is 1.97. The topological polar surface area (TPSA) is 76.4 Å². The van der Waals surface area contributed by atoms with Gasteiger partial charge in [-0.3, -0.25) is 9.52 Å². The lowest BCUT2D eigenvalue weighted by atomic mass is 9.93. The van der Waals surface area contributed by atoms with E-state index >= 15 is 0 Å². The van der Waals surface area contributed by atoms with Gasteiger partial charge in [-0.05, 0) is 38.0 Å². The van der Waals surface area contributed by atoms with Gasteiger partial charge in [-0.2, -0.15) is 0 Å². The van der Waals surface area contributed by atoms with Crippen LogP contribution in [0.2, 0.25) is 0 Å². The molecular weight excluding hydrogens is 398 g/mol. The van der Waals surface area contributed by atoms with Crippen molar-refractivity contribution in [2.45, 2.75) is 38.0 Å². The molecule has 1 N–H and O–H groups in total. The molecule has 5 nitrogen and oxygen atoms in total. The van der Waals surface area contributed by atoms with Crippen LogP contribution >= 0.6 is 0 Å². The van der Waals surface area contributed by atoms with Gasteiger partial charge in [0.2, 0.25) is 0 Å². The van der Waals surface area contributed by atoms with Crippen LogP contribution in [0.5, 0.6) is 0 Å². The number of sulfonamides is 1. The molecule has 152 valence electrons. The Hall–Kier alpha value is -3.12. The minimum absolute atomic E-state index is 0.0495. The second-order valence-electron chi connectivity index (χ2n) is 7.90. The van der Waals surface area contributed by atoms with Gasteiger partial charge in [-0.15, -0.1) is 0 Å². The molecule has 30 heavy (non-hydrogen) atoms. The maximum atomic E-state index is 13.2. The molecule has 0 atom stereocenters. The molecule has 0 bridgehead atoms. The molecule has 0 saturated heterocycles. The molecule has 0 radical (unpaired) electrons. The first-order valence-corrected chi connectivity index (χ1v) is 11.4. The minimum atomic E-state index is -3.80. The van der Waals surface area contributed by atoms with E-state index in [-0.39, 0.29) is 10.7 Å². The fraction of sp³-hybridized carbons (Fsp3) is 0.208. The third-order valence-electron chi connectivity index (χ3n) is 5.72. The van der Waals surface area contributed by atoms with Crippen LogP contribution in [0.15, 0.2) is 57.8 Å². The van der Waals surface area contributed by atoms with Crippen LogP contribution in [0, 0.1) is 13.8 Å². The summed E-state index contributed by atoms with van der Waals surface area (Å²) >= 11 is 0. The highest BCUT2D eigenvalue weighted by Crippen LogP contribution is 2.40. The largest absolute Gasteiger partial charge is 0.460 e. The Morgan fingerprint density at radius 1 is 0.933 bits per heavy atom. The summed E-state index contributed by atoms with van der Waals surface area (Å²) in [6, 6.07) is 14.5. The van der Waals surface area contributed by atoms with Crippen LogP contribution in [-0.4, -0.2) is 14.2 Å². The summed E-state index contributed by atoms with van der Waals surface area (Å²) < 4.78 is 35.2. The Bertz CT molecular complexity index is 1450. The Morgan fingerprint density at radius 2 is 1.70 bits per heavy atom. The number of hydrogen-bond acceptors (Lipinski definition) is 4. The van der Waals surface area contributed by atoms with Crippen molar-refractivity contribution in [3.8, 4) is 0 Å². The SMILES string of the molecule is Cc1ccc(S(=O)(=O)Nc2cc3c4c(oc3c3ccccc23)CCCC4=O)c(C)c1. The first kappa shape index (κ1) is 18.9. The standard InChI is InChI=1S/C24H21NO4S/c1-14-10-11-22(15(2)12-14)30(27,28)25-19-13-18-23-20(26)8-5-9-21(23)29-24(18)17-7-4-3-6-16(17)19/h3-4,6-7,10-13,25H,5,8-9H2,1-2H3. The molecule has 1 heterocycles. The van der Waals surface area contributed by atoms with Crippen molar-refractivity contribution >= 4 is 43.2 Å². The second-order valence-corrected chi connectivity index (χ2v) is 9.55. The van der Waals surface area contributed by atoms with Crippen LogP contribution in [0.3, 0.4) is 0 Å². The molecule has 0 spiro atoms. The van der Waals surface area contributed by atoms with Gasteiger partial charge < -0.3 is 4.42 Å². The molecule has 0 aliphatic heterocycles. The van der Waals surface area contributed by atoms with Crippen LogP contribution in [0.4, 0.5) is 5.69 Å². The average Bonchev–Trinajstić information content (AvgIpc) is 3.07. The second kappa shape index (κ2) is 6.71. The van der Waals surface area contributed by atoms with Crippen molar-refractivity contribution < 1.29 is 17.6 Å². The van der Waals surface area contributed by atoms with Gasteiger partial charge >= 0.3 is 0 Å². The Balaban J connectivity index is 1.74. The first-order chi connectivity index (χ1) is 14.3. The van der Waals surface area contributed by atoms with Crippen molar-refractivity contribution in [2.24, 2.45) is 0 Å². The zero-order valence-electron chi connectivity index (χ0n) is 16.8. The summed E-state index contributed by atoms with van der Waals surface area (Å²) in [5, 5.41) is 2.19. The summed E-state index contributed by atoms with van der Waals surface area (Å²) in [7, 11) is -3.80. The number of rotatable bonds is 3. The highest BCUT2D eigenvalue weighted by atomic mass is 32.2. The number of hydrogen-bond donors (Lipinski definition) is 1. The number of aryl methyl sites for hydroxylation is 3. The normalized spacial score (nSPS) is 14.3. The highest BCUT2D eigenvalue weighted by molar-refractivity contribution is 7.92. The predicted octanol–water partition coefficient (Wildman–Crippen LogP) is 5.52. The zero-order valence-corrected chi connectivity index (χ0v) is 17.6. The summed E-state index contributed by atoms with van der Waals surface area (Å²) in [5.74, 6) is 0.745. The van der Waals surface area contributed by atoms with E-state index in [4.69, 9.17) is 4.42 Å². The molecule has 0 fully saturated rings. The molecule has 1 aliphatic rings.